The highest BCUT2D eigenvalue weighted by molar-refractivity contribution is 6.00. The Morgan fingerprint density at radius 2 is 1.85 bits per heavy atom. The number of rotatable bonds is 6. The van der Waals surface area contributed by atoms with E-state index >= 15 is 0 Å². The normalized spacial score (nSPS) is 10.5. The molecule has 0 aliphatic heterocycles. The smallest absolute Gasteiger partial charge is 0.269 e. The summed E-state index contributed by atoms with van der Waals surface area (Å²) in [6.45, 7) is 2.54. The van der Waals surface area contributed by atoms with Crippen molar-refractivity contribution in [2.45, 2.75) is 13.3 Å². The van der Waals surface area contributed by atoms with Crippen LogP contribution in [-0.4, -0.2) is 27.2 Å². The number of nitro benzene ring substituents is 1. The van der Waals surface area contributed by atoms with Crippen molar-refractivity contribution in [2.24, 2.45) is 0 Å². The second-order valence-corrected chi connectivity index (χ2v) is 5.73. The van der Waals surface area contributed by atoms with Gasteiger partial charge in [-0.15, -0.1) is 0 Å². The van der Waals surface area contributed by atoms with Gasteiger partial charge in [0.1, 0.15) is 5.69 Å². The molecule has 0 saturated carbocycles. The van der Waals surface area contributed by atoms with Crippen LogP contribution in [0.1, 0.15) is 23.7 Å². The third kappa shape index (κ3) is 3.61. The lowest BCUT2D eigenvalue weighted by atomic mass is 10.1. The van der Waals surface area contributed by atoms with Gasteiger partial charge in [0.2, 0.25) is 0 Å². The SMILES string of the molecule is CCCNC(=O)c1cn(-c2ccccc2)nc1-c1ccc([N+](=O)[O-])cc1. The first-order valence-corrected chi connectivity index (χ1v) is 8.28. The van der Waals surface area contributed by atoms with E-state index in [2.05, 4.69) is 10.4 Å². The molecule has 0 aliphatic rings. The zero-order valence-corrected chi connectivity index (χ0v) is 14.3. The van der Waals surface area contributed by atoms with Crippen molar-refractivity contribution < 1.29 is 9.72 Å². The maximum Gasteiger partial charge on any atom is 0.269 e. The number of non-ortho nitro benzene ring substituents is 1. The number of carbonyl (C=O) groups excluding carboxylic acids is 1. The molecule has 1 N–H and O–H groups in total. The Morgan fingerprint density at radius 1 is 1.15 bits per heavy atom. The molecular formula is C19H18N4O3. The number of amides is 1. The first-order chi connectivity index (χ1) is 12.6. The molecule has 2 aromatic carbocycles. The van der Waals surface area contributed by atoms with Crippen LogP contribution < -0.4 is 5.32 Å². The molecule has 26 heavy (non-hydrogen) atoms. The number of para-hydroxylation sites is 1. The van der Waals surface area contributed by atoms with E-state index in [0.717, 1.165) is 12.1 Å². The number of hydrogen-bond donors (Lipinski definition) is 1. The highest BCUT2D eigenvalue weighted by Crippen LogP contribution is 2.25. The first kappa shape index (κ1) is 17.3. The van der Waals surface area contributed by atoms with Gasteiger partial charge in [0.25, 0.3) is 11.6 Å². The van der Waals surface area contributed by atoms with Gasteiger partial charge >= 0.3 is 0 Å². The number of nitrogens with one attached hydrogen (secondary N) is 1. The Morgan fingerprint density at radius 3 is 2.46 bits per heavy atom. The van der Waals surface area contributed by atoms with Crippen LogP contribution in [0.2, 0.25) is 0 Å². The van der Waals surface area contributed by atoms with Crippen LogP contribution in [-0.2, 0) is 0 Å². The van der Waals surface area contributed by atoms with Crippen molar-refractivity contribution in [1.82, 2.24) is 15.1 Å². The fourth-order valence-electron chi connectivity index (χ4n) is 2.54. The van der Waals surface area contributed by atoms with Crippen LogP contribution >= 0.6 is 0 Å². The molecule has 0 spiro atoms. The first-order valence-electron chi connectivity index (χ1n) is 8.28. The minimum absolute atomic E-state index is 0.00627. The summed E-state index contributed by atoms with van der Waals surface area (Å²) >= 11 is 0. The van der Waals surface area contributed by atoms with Crippen LogP contribution in [0, 0.1) is 10.1 Å². The molecule has 1 heterocycles. The molecule has 7 heteroatoms. The van der Waals surface area contributed by atoms with Gasteiger partial charge in [0.15, 0.2) is 0 Å². The Balaban J connectivity index is 2.05. The van der Waals surface area contributed by atoms with Crippen LogP contribution in [0.15, 0.2) is 60.8 Å². The fourth-order valence-corrected chi connectivity index (χ4v) is 2.54. The van der Waals surface area contributed by atoms with E-state index in [4.69, 9.17) is 0 Å². The summed E-state index contributed by atoms with van der Waals surface area (Å²) in [4.78, 5) is 22.9. The van der Waals surface area contributed by atoms with Gasteiger partial charge in [-0.3, -0.25) is 14.9 Å². The van der Waals surface area contributed by atoms with Crippen molar-refractivity contribution in [2.75, 3.05) is 6.54 Å². The quantitative estimate of drug-likeness (QED) is 0.543. The monoisotopic (exact) mass is 350 g/mol. The molecule has 0 saturated heterocycles. The lowest BCUT2D eigenvalue weighted by Crippen LogP contribution is -2.24. The van der Waals surface area contributed by atoms with Crippen molar-refractivity contribution in [3.8, 4) is 16.9 Å². The van der Waals surface area contributed by atoms with Gasteiger partial charge < -0.3 is 5.32 Å². The van der Waals surface area contributed by atoms with Gasteiger partial charge in [0, 0.05) is 30.4 Å². The molecule has 1 aromatic heterocycles. The molecule has 7 nitrogen and oxygen atoms in total. The second-order valence-electron chi connectivity index (χ2n) is 5.73. The summed E-state index contributed by atoms with van der Waals surface area (Å²) in [5.41, 5.74) is 2.37. The maximum absolute atomic E-state index is 12.5. The largest absolute Gasteiger partial charge is 0.352 e. The van der Waals surface area contributed by atoms with Gasteiger partial charge in [-0.1, -0.05) is 25.1 Å². The molecule has 3 aromatic rings. The molecular weight excluding hydrogens is 332 g/mol. The molecule has 0 atom stereocenters. The summed E-state index contributed by atoms with van der Waals surface area (Å²) in [5.74, 6) is -0.220. The predicted molar refractivity (Wildman–Crippen MR) is 98.3 cm³/mol. The number of benzene rings is 2. The minimum atomic E-state index is -0.457. The number of nitrogens with zero attached hydrogens (tertiary/aromatic N) is 3. The second kappa shape index (κ2) is 7.60. The number of nitro groups is 1. The third-order valence-electron chi connectivity index (χ3n) is 3.87. The number of carbonyl (C=O) groups is 1. The molecule has 3 rings (SSSR count). The van der Waals surface area contributed by atoms with Crippen LogP contribution in [0.3, 0.4) is 0 Å². The van der Waals surface area contributed by atoms with E-state index in [0.29, 0.717) is 23.4 Å². The van der Waals surface area contributed by atoms with Gasteiger partial charge in [-0.25, -0.2) is 4.68 Å². The summed E-state index contributed by atoms with van der Waals surface area (Å²) in [6.07, 6.45) is 2.50. The third-order valence-corrected chi connectivity index (χ3v) is 3.87. The Labute approximate surface area is 150 Å². The average molecular weight is 350 g/mol. The fraction of sp³-hybridized carbons (Fsp3) is 0.158. The molecule has 0 bridgehead atoms. The van der Waals surface area contributed by atoms with E-state index in [1.165, 1.54) is 12.1 Å². The lowest BCUT2D eigenvalue weighted by molar-refractivity contribution is -0.384. The van der Waals surface area contributed by atoms with Crippen molar-refractivity contribution in [3.05, 3.63) is 76.5 Å². The Kier molecular flexibility index (Phi) is 5.07. The number of hydrogen-bond acceptors (Lipinski definition) is 4. The standard InChI is InChI=1S/C19H18N4O3/c1-2-12-20-19(24)17-13-22(15-6-4-3-5-7-15)21-18(17)14-8-10-16(11-9-14)23(25)26/h3-11,13H,2,12H2,1H3,(H,20,24). The molecule has 0 fully saturated rings. The predicted octanol–water partition coefficient (Wildman–Crippen LogP) is 3.59. The summed E-state index contributed by atoms with van der Waals surface area (Å²) in [7, 11) is 0. The Hall–Kier alpha value is -3.48. The maximum atomic E-state index is 12.5. The summed E-state index contributed by atoms with van der Waals surface area (Å²) in [6, 6.07) is 15.5. The molecule has 0 aliphatic carbocycles. The molecule has 0 unspecified atom stereocenters. The minimum Gasteiger partial charge on any atom is -0.352 e. The average Bonchev–Trinajstić information content (AvgIpc) is 3.12. The topological polar surface area (TPSA) is 90.1 Å². The van der Waals surface area contributed by atoms with E-state index in [9.17, 15) is 14.9 Å². The zero-order valence-electron chi connectivity index (χ0n) is 14.3. The molecule has 0 radical (unpaired) electrons. The van der Waals surface area contributed by atoms with E-state index < -0.39 is 4.92 Å². The van der Waals surface area contributed by atoms with E-state index in [-0.39, 0.29) is 11.6 Å². The Bertz CT molecular complexity index is 918. The van der Waals surface area contributed by atoms with Crippen molar-refractivity contribution in [3.63, 3.8) is 0 Å². The van der Waals surface area contributed by atoms with Crippen LogP contribution in [0.4, 0.5) is 5.69 Å². The highest BCUT2D eigenvalue weighted by Gasteiger charge is 2.19. The summed E-state index contributed by atoms with van der Waals surface area (Å²) < 4.78 is 1.64. The van der Waals surface area contributed by atoms with Crippen molar-refractivity contribution >= 4 is 11.6 Å². The van der Waals surface area contributed by atoms with E-state index in [1.54, 1.807) is 23.0 Å². The van der Waals surface area contributed by atoms with Gasteiger partial charge in [-0.05, 0) is 30.7 Å². The molecule has 132 valence electrons. The van der Waals surface area contributed by atoms with Crippen LogP contribution in [0.25, 0.3) is 16.9 Å². The highest BCUT2D eigenvalue weighted by atomic mass is 16.6. The zero-order chi connectivity index (χ0) is 18.5. The lowest BCUT2D eigenvalue weighted by Gasteiger charge is -2.03. The van der Waals surface area contributed by atoms with Crippen molar-refractivity contribution in [1.29, 1.82) is 0 Å². The van der Waals surface area contributed by atoms with Gasteiger partial charge in [-0.2, -0.15) is 5.10 Å². The summed E-state index contributed by atoms with van der Waals surface area (Å²) in [5, 5.41) is 18.2. The van der Waals surface area contributed by atoms with Crippen LogP contribution in [0.5, 0.6) is 0 Å². The van der Waals surface area contributed by atoms with Gasteiger partial charge in [0.05, 0.1) is 16.2 Å². The number of aromatic nitrogens is 2. The van der Waals surface area contributed by atoms with E-state index in [1.807, 2.05) is 37.3 Å². The molecule has 1 amide bonds.